The number of nitrogens with one attached hydrogen (secondary N) is 2. The van der Waals surface area contributed by atoms with Gasteiger partial charge >= 0.3 is 0 Å². The van der Waals surface area contributed by atoms with Gasteiger partial charge in [-0.05, 0) is 85.6 Å². The van der Waals surface area contributed by atoms with E-state index in [1.165, 1.54) is 0 Å². The second-order valence-corrected chi connectivity index (χ2v) is 9.90. The molecule has 0 spiro atoms. The third-order valence-electron chi connectivity index (χ3n) is 5.68. The van der Waals surface area contributed by atoms with E-state index in [9.17, 15) is 19.2 Å². The molecule has 1 saturated heterocycles. The number of hydrogen-bond acceptors (Lipinski definition) is 6. The van der Waals surface area contributed by atoms with Gasteiger partial charge in [-0.15, -0.1) is 0 Å². The van der Waals surface area contributed by atoms with Crippen molar-refractivity contribution in [2.24, 2.45) is 0 Å². The maximum absolute atomic E-state index is 12.8. The molecule has 4 amide bonds. The van der Waals surface area contributed by atoms with Crippen molar-refractivity contribution in [3.63, 3.8) is 0 Å². The van der Waals surface area contributed by atoms with Crippen molar-refractivity contribution in [3.05, 3.63) is 93.9 Å². The summed E-state index contributed by atoms with van der Waals surface area (Å²) in [7, 11) is 0. The molecule has 38 heavy (non-hydrogen) atoms. The lowest BCUT2D eigenvalue weighted by Crippen LogP contribution is -2.36. The van der Waals surface area contributed by atoms with Gasteiger partial charge in [-0.2, -0.15) is 0 Å². The van der Waals surface area contributed by atoms with E-state index in [4.69, 9.17) is 4.74 Å². The van der Waals surface area contributed by atoms with Gasteiger partial charge in [-0.1, -0.05) is 42.0 Å². The Bertz CT molecular complexity index is 1430. The average Bonchev–Trinajstić information content (AvgIpc) is 3.12. The van der Waals surface area contributed by atoms with Crippen molar-refractivity contribution in [3.8, 4) is 5.75 Å². The molecule has 3 aromatic carbocycles. The number of hydrogen-bond donors (Lipinski definition) is 2. The Balaban J connectivity index is 1.31. The number of rotatable bonds is 8. The lowest BCUT2D eigenvalue weighted by atomic mass is 10.1. The van der Waals surface area contributed by atoms with Crippen LogP contribution in [0.1, 0.15) is 22.3 Å². The Morgan fingerprint density at radius 1 is 0.895 bits per heavy atom. The normalized spacial score (nSPS) is 14.1. The molecule has 0 aromatic heterocycles. The molecule has 1 aliphatic heterocycles. The Hall–Kier alpha value is -4.37. The first-order valence-electron chi connectivity index (χ1n) is 11.9. The molecular formula is C29H27N3O5S. The number of carbonyl (C=O) groups is 4. The van der Waals surface area contributed by atoms with E-state index in [0.717, 1.165) is 33.4 Å². The summed E-state index contributed by atoms with van der Waals surface area (Å²) in [6.45, 7) is 5.25. The topological polar surface area (TPSA) is 105 Å². The van der Waals surface area contributed by atoms with Crippen LogP contribution in [0.5, 0.6) is 5.75 Å². The van der Waals surface area contributed by atoms with Crippen molar-refractivity contribution in [1.82, 2.24) is 4.90 Å². The molecule has 0 saturated carbocycles. The number of thioether (sulfide) groups is 1. The van der Waals surface area contributed by atoms with Crippen LogP contribution in [0.3, 0.4) is 0 Å². The first-order chi connectivity index (χ1) is 18.2. The molecule has 0 atom stereocenters. The van der Waals surface area contributed by atoms with Crippen LogP contribution < -0.4 is 15.4 Å². The van der Waals surface area contributed by atoms with Crippen LogP contribution in [0.2, 0.25) is 0 Å². The number of aryl methyl sites for hydroxylation is 3. The summed E-state index contributed by atoms with van der Waals surface area (Å²) in [5, 5.41) is 5.03. The van der Waals surface area contributed by atoms with Crippen LogP contribution in [0.4, 0.5) is 16.2 Å². The molecule has 1 aliphatic rings. The van der Waals surface area contributed by atoms with E-state index in [1.54, 1.807) is 42.5 Å². The molecular weight excluding hydrogens is 502 g/mol. The Labute approximate surface area is 225 Å². The molecule has 0 radical (unpaired) electrons. The summed E-state index contributed by atoms with van der Waals surface area (Å²) >= 11 is 0.785. The fourth-order valence-corrected chi connectivity index (χ4v) is 4.64. The summed E-state index contributed by atoms with van der Waals surface area (Å²) in [5.74, 6) is -0.773. The number of ether oxygens (including phenoxy) is 1. The van der Waals surface area contributed by atoms with Gasteiger partial charge in [0, 0.05) is 11.4 Å². The number of carbonyl (C=O) groups excluding carboxylic acids is 4. The second kappa shape index (κ2) is 11.8. The smallest absolute Gasteiger partial charge is 0.294 e. The minimum absolute atomic E-state index is 0.156. The molecule has 1 heterocycles. The number of amides is 4. The molecule has 4 rings (SSSR count). The van der Waals surface area contributed by atoms with Gasteiger partial charge in [-0.25, -0.2) is 0 Å². The van der Waals surface area contributed by atoms with Crippen LogP contribution in [-0.2, 0) is 14.4 Å². The molecule has 0 bridgehead atoms. The van der Waals surface area contributed by atoms with Gasteiger partial charge < -0.3 is 15.4 Å². The number of nitrogens with zero attached hydrogens (tertiary/aromatic N) is 1. The molecule has 0 aliphatic carbocycles. The zero-order valence-electron chi connectivity index (χ0n) is 21.2. The quantitative estimate of drug-likeness (QED) is 0.384. The SMILES string of the molecule is Cc1cccc(NC(=O)COc2ccc(/C=C3/SC(=O)N(CC(=O)Nc4ccc(C)cc4C)C3=O)cc2)c1. The number of imide groups is 1. The Kier molecular flexibility index (Phi) is 8.28. The highest BCUT2D eigenvalue weighted by Gasteiger charge is 2.36. The lowest BCUT2D eigenvalue weighted by Gasteiger charge is -2.14. The summed E-state index contributed by atoms with van der Waals surface area (Å²) in [4.78, 5) is 51.0. The second-order valence-electron chi connectivity index (χ2n) is 8.91. The molecule has 194 valence electrons. The highest BCUT2D eigenvalue weighted by atomic mass is 32.2. The van der Waals surface area contributed by atoms with Crippen molar-refractivity contribution in [2.75, 3.05) is 23.8 Å². The zero-order valence-corrected chi connectivity index (χ0v) is 22.1. The van der Waals surface area contributed by atoms with Crippen LogP contribution >= 0.6 is 11.8 Å². The largest absolute Gasteiger partial charge is 0.484 e. The van der Waals surface area contributed by atoms with Gasteiger partial charge in [0.1, 0.15) is 12.3 Å². The van der Waals surface area contributed by atoms with Gasteiger partial charge in [-0.3, -0.25) is 24.1 Å². The number of anilines is 2. The average molecular weight is 530 g/mol. The molecule has 9 heteroatoms. The monoisotopic (exact) mass is 529 g/mol. The van der Waals surface area contributed by atoms with Gasteiger partial charge in [0.15, 0.2) is 6.61 Å². The van der Waals surface area contributed by atoms with E-state index < -0.39 is 17.1 Å². The van der Waals surface area contributed by atoms with Crippen LogP contribution in [-0.4, -0.2) is 41.0 Å². The lowest BCUT2D eigenvalue weighted by molar-refractivity contribution is -0.127. The Morgan fingerprint density at radius 2 is 1.63 bits per heavy atom. The highest BCUT2D eigenvalue weighted by Crippen LogP contribution is 2.32. The molecule has 8 nitrogen and oxygen atoms in total. The maximum atomic E-state index is 12.8. The zero-order chi connectivity index (χ0) is 27.2. The van der Waals surface area contributed by atoms with E-state index >= 15 is 0 Å². The summed E-state index contributed by atoms with van der Waals surface area (Å²) in [5.41, 5.74) is 5.01. The van der Waals surface area contributed by atoms with Crippen LogP contribution in [0.25, 0.3) is 6.08 Å². The first kappa shape index (κ1) is 26.7. The minimum atomic E-state index is -0.524. The van der Waals surface area contributed by atoms with Crippen molar-refractivity contribution in [1.29, 1.82) is 0 Å². The predicted molar refractivity (Wildman–Crippen MR) is 149 cm³/mol. The van der Waals surface area contributed by atoms with Gasteiger partial charge in [0.05, 0.1) is 4.91 Å². The van der Waals surface area contributed by atoms with E-state index in [2.05, 4.69) is 10.6 Å². The summed E-state index contributed by atoms with van der Waals surface area (Å²) in [6, 6.07) is 19.9. The molecule has 1 fully saturated rings. The van der Waals surface area contributed by atoms with E-state index in [0.29, 0.717) is 22.7 Å². The van der Waals surface area contributed by atoms with Crippen molar-refractivity contribution >= 4 is 52.2 Å². The van der Waals surface area contributed by atoms with Gasteiger partial charge in [0.2, 0.25) is 5.91 Å². The Morgan fingerprint density at radius 3 is 2.34 bits per heavy atom. The predicted octanol–water partition coefficient (Wildman–Crippen LogP) is 5.30. The fourth-order valence-electron chi connectivity index (χ4n) is 3.80. The third-order valence-corrected chi connectivity index (χ3v) is 6.59. The maximum Gasteiger partial charge on any atom is 0.294 e. The number of benzene rings is 3. The molecule has 0 unspecified atom stereocenters. The third kappa shape index (κ3) is 6.89. The molecule has 3 aromatic rings. The van der Waals surface area contributed by atoms with Gasteiger partial charge in [0.25, 0.3) is 17.1 Å². The van der Waals surface area contributed by atoms with E-state index in [1.807, 2.05) is 51.1 Å². The van der Waals surface area contributed by atoms with Crippen molar-refractivity contribution in [2.45, 2.75) is 20.8 Å². The summed E-state index contributed by atoms with van der Waals surface area (Å²) < 4.78 is 5.55. The first-order valence-corrected chi connectivity index (χ1v) is 12.7. The van der Waals surface area contributed by atoms with Crippen molar-refractivity contribution < 1.29 is 23.9 Å². The van der Waals surface area contributed by atoms with Crippen LogP contribution in [0, 0.1) is 20.8 Å². The minimum Gasteiger partial charge on any atom is -0.484 e. The van der Waals surface area contributed by atoms with E-state index in [-0.39, 0.29) is 24.0 Å². The summed E-state index contributed by atoms with van der Waals surface area (Å²) in [6.07, 6.45) is 1.58. The highest BCUT2D eigenvalue weighted by molar-refractivity contribution is 8.18. The standard InChI is InChI=1S/C29H27N3O5S/c1-18-5-4-6-22(14-18)30-27(34)17-37-23-10-8-21(9-11-23)15-25-28(35)32(29(36)38-25)16-26(33)31-24-12-7-19(2)13-20(24)3/h4-15H,16-17H2,1-3H3,(H,30,34)(H,31,33)/b25-15+. The van der Waals surface area contributed by atoms with Crippen LogP contribution in [0.15, 0.2) is 71.6 Å². The molecule has 2 N–H and O–H groups in total. The fraction of sp³-hybridized carbons (Fsp3) is 0.172.